The number of carbonyl (C=O) groups is 1. The second-order valence-corrected chi connectivity index (χ2v) is 8.89. The van der Waals surface area contributed by atoms with Crippen molar-refractivity contribution in [2.24, 2.45) is 5.41 Å². The molecule has 0 radical (unpaired) electrons. The minimum atomic E-state index is -0.231. The van der Waals surface area contributed by atoms with Gasteiger partial charge in [-0.2, -0.15) is 0 Å². The molecular weight excluding hydrogens is 388 g/mol. The van der Waals surface area contributed by atoms with E-state index in [1.54, 1.807) is 6.33 Å². The van der Waals surface area contributed by atoms with Crippen LogP contribution >= 0.6 is 0 Å². The predicted octanol–water partition coefficient (Wildman–Crippen LogP) is 3.85. The van der Waals surface area contributed by atoms with Crippen molar-refractivity contribution in [2.45, 2.75) is 32.2 Å². The highest BCUT2D eigenvalue weighted by Gasteiger charge is 2.46. The minimum absolute atomic E-state index is 0.231. The van der Waals surface area contributed by atoms with Gasteiger partial charge in [-0.3, -0.25) is 4.79 Å². The number of amides is 1. The van der Waals surface area contributed by atoms with E-state index >= 15 is 0 Å². The molecule has 0 aliphatic carbocycles. The Bertz CT molecular complexity index is 1250. The van der Waals surface area contributed by atoms with Gasteiger partial charge in [-0.05, 0) is 43.4 Å². The number of nitrogens with one attached hydrogen (secondary N) is 2. The smallest absolute Gasteiger partial charge is 0.229 e. The molecule has 1 aromatic carbocycles. The summed E-state index contributed by atoms with van der Waals surface area (Å²) >= 11 is 0. The fourth-order valence-corrected chi connectivity index (χ4v) is 5.49. The molecule has 3 aromatic heterocycles. The zero-order valence-electron chi connectivity index (χ0n) is 17.5. The first kappa shape index (κ1) is 18.4. The van der Waals surface area contributed by atoms with Gasteiger partial charge in [0, 0.05) is 49.5 Å². The van der Waals surface area contributed by atoms with Crippen LogP contribution in [0.1, 0.15) is 31.2 Å². The van der Waals surface area contributed by atoms with Crippen LogP contribution in [0.15, 0.2) is 49.1 Å². The van der Waals surface area contributed by atoms with Gasteiger partial charge in [-0.15, -0.1) is 0 Å². The van der Waals surface area contributed by atoms with Gasteiger partial charge in [0.05, 0.1) is 10.8 Å². The Morgan fingerprint density at radius 1 is 0.968 bits per heavy atom. The van der Waals surface area contributed by atoms with Crippen LogP contribution in [0.3, 0.4) is 0 Å². The average Bonchev–Trinajstić information content (AvgIpc) is 3.45. The Morgan fingerprint density at radius 3 is 2.74 bits per heavy atom. The van der Waals surface area contributed by atoms with E-state index in [-0.39, 0.29) is 5.41 Å². The van der Waals surface area contributed by atoms with Crippen LogP contribution in [0.25, 0.3) is 21.9 Å². The topological polar surface area (TPSA) is 80.9 Å². The molecule has 2 aliphatic rings. The van der Waals surface area contributed by atoms with Gasteiger partial charge < -0.3 is 19.8 Å². The maximum absolute atomic E-state index is 13.6. The van der Waals surface area contributed by atoms with Crippen LogP contribution in [0.2, 0.25) is 0 Å². The molecule has 4 aromatic rings. The molecule has 0 atom stereocenters. The van der Waals surface area contributed by atoms with E-state index in [9.17, 15) is 4.79 Å². The van der Waals surface area contributed by atoms with Crippen LogP contribution in [0, 0.1) is 5.41 Å². The fraction of sp³-hybridized carbons (Fsp3) is 0.375. The molecule has 0 saturated carbocycles. The summed E-state index contributed by atoms with van der Waals surface area (Å²) in [6, 6.07) is 10.3. The van der Waals surface area contributed by atoms with E-state index < -0.39 is 0 Å². The molecule has 5 heterocycles. The Balaban J connectivity index is 1.20. The SMILES string of the molecule is O=C1N(Cc2c[nH]c3ccccc23)CCCC12CCN(c1ncnc3[nH]ccc13)CC2. The van der Waals surface area contributed by atoms with E-state index in [2.05, 4.69) is 54.1 Å². The molecule has 7 heteroatoms. The maximum atomic E-state index is 13.6. The van der Waals surface area contributed by atoms with Crippen LogP contribution in [0.4, 0.5) is 5.82 Å². The van der Waals surface area contributed by atoms with Gasteiger partial charge in [0.15, 0.2) is 0 Å². The number of carbonyl (C=O) groups excluding carboxylic acids is 1. The van der Waals surface area contributed by atoms with Crippen molar-refractivity contribution < 1.29 is 4.79 Å². The average molecular weight is 415 g/mol. The lowest BCUT2D eigenvalue weighted by Gasteiger charge is -2.46. The van der Waals surface area contributed by atoms with E-state index in [4.69, 9.17) is 0 Å². The Kier molecular flexibility index (Phi) is 4.23. The number of likely N-dealkylation sites (tertiary alicyclic amines) is 1. The number of benzene rings is 1. The van der Waals surface area contributed by atoms with E-state index in [1.165, 1.54) is 10.9 Å². The summed E-state index contributed by atoms with van der Waals surface area (Å²) in [6.07, 6.45) is 9.41. The summed E-state index contributed by atoms with van der Waals surface area (Å²) in [4.78, 5) is 33.4. The summed E-state index contributed by atoms with van der Waals surface area (Å²) in [5.74, 6) is 1.30. The van der Waals surface area contributed by atoms with Crippen LogP contribution in [0.5, 0.6) is 0 Å². The van der Waals surface area contributed by atoms with Gasteiger partial charge in [0.2, 0.25) is 5.91 Å². The Morgan fingerprint density at radius 2 is 1.84 bits per heavy atom. The second kappa shape index (κ2) is 7.11. The summed E-state index contributed by atoms with van der Waals surface area (Å²) in [5.41, 5.74) is 2.97. The molecular formula is C24H26N6O. The number of anilines is 1. The lowest BCUT2D eigenvalue weighted by molar-refractivity contribution is -0.148. The molecule has 2 fully saturated rings. The number of fused-ring (bicyclic) bond motifs is 2. The third-order valence-corrected chi connectivity index (χ3v) is 7.21. The summed E-state index contributed by atoms with van der Waals surface area (Å²) < 4.78 is 0. The molecule has 7 nitrogen and oxygen atoms in total. The van der Waals surface area contributed by atoms with Crippen molar-refractivity contribution in [1.29, 1.82) is 0 Å². The van der Waals surface area contributed by atoms with Crippen LogP contribution in [-0.2, 0) is 11.3 Å². The van der Waals surface area contributed by atoms with Gasteiger partial charge in [-0.1, -0.05) is 18.2 Å². The monoisotopic (exact) mass is 414 g/mol. The van der Waals surface area contributed by atoms with Crippen LogP contribution < -0.4 is 4.90 Å². The van der Waals surface area contributed by atoms with Gasteiger partial charge in [0.1, 0.15) is 17.8 Å². The normalized spacial score (nSPS) is 19.0. The predicted molar refractivity (Wildman–Crippen MR) is 121 cm³/mol. The molecule has 2 aliphatic heterocycles. The quantitative estimate of drug-likeness (QED) is 0.534. The third-order valence-electron chi connectivity index (χ3n) is 7.21. The highest BCUT2D eigenvalue weighted by atomic mass is 16.2. The molecule has 158 valence electrons. The number of aromatic amines is 2. The summed E-state index contributed by atoms with van der Waals surface area (Å²) in [7, 11) is 0. The van der Waals surface area contributed by atoms with Gasteiger partial charge in [-0.25, -0.2) is 9.97 Å². The molecule has 6 rings (SSSR count). The molecule has 1 spiro atoms. The molecule has 2 saturated heterocycles. The van der Waals surface area contributed by atoms with Crippen molar-refractivity contribution in [3.8, 4) is 0 Å². The van der Waals surface area contributed by atoms with Crippen molar-refractivity contribution >= 4 is 33.7 Å². The number of aromatic nitrogens is 4. The first-order chi connectivity index (χ1) is 15.2. The van der Waals surface area contributed by atoms with Gasteiger partial charge in [0.25, 0.3) is 0 Å². The van der Waals surface area contributed by atoms with Gasteiger partial charge >= 0.3 is 0 Å². The highest BCUT2D eigenvalue weighted by molar-refractivity contribution is 5.88. The largest absolute Gasteiger partial charge is 0.361 e. The highest BCUT2D eigenvalue weighted by Crippen LogP contribution is 2.42. The van der Waals surface area contributed by atoms with Crippen molar-refractivity contribution in [1.82, 2.24) is 24.8 Å². The minimum Gasteiger partial charge on any atom is -0.361 e. The number of rotatable bonds is 3. The lowest BCUT2D eigenvalue weighted by atomic mass is 9.71. The first-order valence-corrected chi connectivity index (χ1v) is 11.1. The number of hydrogen-bond donors (Lipinski definition) is 2. The summed E-state index contributed by atoms with van der Waals surface area (Å²) in [6.45, 7) is 3.23. The Labute approximate surface area is 180 Å². The summed E-state index contributed by atoms with van der Waals surface area (Å²) in [5, 5.41) is 2.26. The van der Waals surface area contributed by atoms with Crippen molar-refractivity contribution in [3.63, 3.8) is 0 Å². The Hall–Kier alpha value is -3.35. The number of para-hydroxylation sites is 1. The number of H-pyrrole nitrogens is 2. The number of hydrogen-bond acceptors (Lipinski definition) is 4. The standard InChI is InChI=1S/C24H26N6O/c31-23-24(7-3-11-30(23)15-17-14-26-20-5-2-1-4-18(17)20)8-12-29(13-9-24)22-19-6-10-25-21(19)27-16-28-22/h1-2,4-6,10,14,16,26H,3,7-9,11-13,15H2,(H,25,27,28). The number of nitrogens with zero attached hydrogens (tertiary/aromatic N) is 4. The third kappa shape index (κ3) is 2.99. The first-order valence-electron chi connectivity index (χ1n) is 11.1. The van der Waals surface area contributed by atoms with Crippen molar-refractivity contribution in [3.05, 3.63) is 54.6 Å². The van der Waals surface area contributed by atoms with Crippen molar-refractivity contribution in [2.75, 3.05) is 24.5 Å². The zero-order valence-corrected chi connectivity index (χ0v) is 17.5. The second-order valence-electron chi connectivity index (χ2n) is 8.89. The van der Waals surface area contributed by atoms with E-state index in [1.807, 2.05) is 18.3 Å². The molecule has 0 unspecified atom stereocenters. The van der Waals surface area contributed by atoms with E-state index in [0.717, 1.165) is 67.7 Å². The molecule has 31 heavy (non-hydrogen) atoms. The maximum Gasteiger partial charge on any atom is 0.229 e. The van der Waals surface area contributed by atoms with E-state index in [0.29, 0.717) is 12.5 Å². The lowest BCUT2D eigenvalue weighted by Crippen LogP contribution is -2.53. The molecule has 1 amide bonds. The van der Waals surface area contributed by atoms with Crippen LogP contribution in [-0.4, -0.2) is 50.4 Å². The number of piperidine rings is 2. The molecule has 2 N–H and O–H groups in total. The zero-order chi connectivity index (χ0) is 20.8. The fourth-order valence-electron chi connectivity index (χ4n) is 5.49. The molecule has 0 bridgehead atoms.